The minimum Gasteiger partial charge on any atom is -0.382 e. The summed E-state index contributed by atoms with van der Waals surface area (Å²) in [6, 6.07) is 3.44. The van der Waals surface area contributed by atoms with Crippen LogP contribution in [-0.2, 0) is 0 Å². The van der Waals surface area contributed by atoms with E-state index in [0.717, 1.165) is 10.7 Å². The van der Waals surface area contributed by atoms with Gasteiger partial charge in [0.15, 0.2) is 5.16 Å². The van der Waals surface area contributed by atoms with E-state index in [9.17, 15) is 0 Å². The number of rotatable bonds is 3. The van der Waals surface area contributed by atoms with Crippen molar-refractivity contribution in [1.29, 1.82) is 5.41 Å². The highest BCUT2D eigenvalue weighted by Crippen LogP contribution is 2.21. The molecule has 2 aromatic heterocycles. The van der Waals surface area contributed by atoms with Crippen LogP contribution in [0.5, 0.6) is 0 Å². The van der Waals surface area contributed by atoms with Gasteiger partial charge in [0.1, 0.15) is 22.9 Å². The first-order valence-electron chi connectivity index (χ1n) is 4.79. The number of hydrogen-bond donors (Lipinski definition) is 2. The molecular formula is C10H10N6S. The minimum absolute atomic E-state index is 0.0694. The average Bonchev–Trinajstić information content (AvgIpc) is 2.29. The molecule has 0 spiro atoms. The topological polar surface area (TPSA) is 101 Å². The summed E-state index contributed by atoms with van der Waals surface area (Å²) >= 11 is 1.31. The number of aromatic nitrogens is 4. The molecule has 0 aliphatic heterocycles. The van der Waals surface area contributed by atoms with Gasteiger partial charge in [-0.15, -0.1) is 0 Å². The van der Waals surface area contributed by atoms with E-state index in [4.69, 9.17) is 11.1 Å². The van der Waals surface area contributed by atoms with Crippen molar-refractivity contribution in [2.75, 3.05) is 0 Å². The molecule has 3 N–H and O–H groups in total. The van der Waals surface area contributed by atoms with Crippen LogP contribution < -0.4 is 5.73 Å². The predicted octanol–water partition coefficient (Wildman–Crippen LogP) is 1.01. The molecule has 0 bridgehead atoms. The molecule has 0 unspecified atom stereocenters. The van der Waals surface area contributed by atoms with Crippen molar-refractivity contribution in [1.82, 2.24) is 19.9 Å². The van der Waals surface area contributed by atoms with Gasteiger partial charge in [-0.2, -0.15) is 0 Å². The quantitative estimate of drug-likeness (QED) is 0.363. The van der Waals surface area contributed by atoms with Gasteiger partial charge in [0.25, 0.3) is 0 Å². The highest BCUT2D eigenvalue weighted by molar-refractivity contribution is 7.99. The van der Waals surface area contributed by atoms with Gasteiger partial charge < -0.3 is 5.73 Å². The molecule has 7 heteroatoms. The fraction of sp³-hybridized carbons (Fsp3) is 0.100. The van der Waals surface area contributed by atoms with Gasteiger partial charge in [-0.25, -0.2) is 19.9 Å². The van der Waals surface area contributed by atoms with Crippen LogP contribution in [0.2, 0.25) is 0 Å². The van der Waals surface area contributed by atoms with Crippen molar-refractivity contribution < 1.29 is 0 Å². The molecule has 2 heterocycles. The van der Waals surface area contributed by atoms with Crippen molar-refractivity contribution in [2.45, 2.75) is 17.1 Å². The molecule has 86 valence electrons. The molecular weight excluding hydrogens is 236 g/mol. The van der Waals surface area contributed by atoms with Crippen LogP contribution in [0.4, 0.5) is 0 Å². The minimum atomic E-state index is -0.0694. The van der Waals surface area contributed by atoms with E-state index in [0.29, 0.717) is 10.9 Å². The lowest BCUT2D eigenvalue weighted by atomic mass is 10.3. The third-order valence-corrected chi connectivity index (χ3v) is 2.68. The lowest BCUT2D eigenvalue weighted by Gasteiger charge is -2.03. The average molecular weight is 246 g/mol. The first-order chi connectivity index (χ1) is 8.15. The van der Waals surface area contributed by atoms with Crippen LogP contribution in [0.15, 0.2) is 34.8 Å². The van der Waals surface area contributed by atoms with E-state index in [1.54, 1.807) is 18.3 Å². The molecule has 0 fully saturated rings. The van der Waals surface area contributed by atoms with E-state index in [-0.39, 0.29) is 5.84 Å². The van der Waals surface area contributed by atoms with Gasteiger partial charge in [0, 0.05) is 11.9 Å². The number of hydrogen-bond acceptors (Lipinski definition) is 6. The first-order valence-corrected chi connectivity index (χ1v) is 5.61. The van der Waals surface area contributed by atoms with Crippen molar-refractivity contribution >= 4 is 17.6 Å². The summed E-state index contributed by atoms with van der Waals surface area (Å²) in [5.74, 6) is -0.0694. The Bertz CT molecular complexity index is 542. The Labute approximate surface area is 102 Å². The fourth-order valence-corrected chi connectivity index (χ4v) is 1.91. The number of amidine groups is 1. The molecule has 0 atom stereocenters. The number of aryl methyl sites for hydroxylation is 1. The van der Waals surface area contributed by atoms with Crippen LogP contribution in [0.3, 0.4) is 0 Å². The Kier molecular flexibility index (Phi) is 3.29. The number of nitrogens with one attached hydrogen (secondary N) is 1. The second kappa shape index (κ2) is 4.88. The Morgan fingerprint density at radius 2 is 2.24 bits per heavy atom. The summed E-state index contributed by atoms with van der Waals surface area (Å²) in [5.41, 5.74) is 6.59. The van der Waals surface area contributed by atoms with Gasteiger partial charge in [0.2, 0.25) is 0 Å². The van der Waals surface area contributed by atoms with Gasteiger partial charge in [0.05, 0.1) is 0 Å². The lowest BCUT2D eigenvalue weighted by molar-refractivity contribution is 0.915. The number of nitrogen functional groups attached to an aromatic ring is 1. The standard InChI is InChI=1S/C10H10N6S/c1-6-4-7(9(11)12)16-10(15-6)17-8-2-3-13-5-14-8/h2-5H,1H3,(H3,11,12). The summed E-state index contributed by atoms with van der Waals surface area (Å²) in [6.07, 6.45) is 3.11. The molecule has 0 aliphatic rings. The third-order valence-electron chi connectivity index (χ3n) is 1.86. The maximum Gasteiger partial charge on any atom is 0.194 e. The van der Waals surface area contributed by atoms with Crippen LogP contribution >= 0.6 is 11.8 Å². The highest BCUT2D eigenvalue weighted by atomic mass is 32.2. The van der Waals surface area contributed by atoms with Gasteiger partial charge >= 0.3 is 0 Å². The molecule has 0 aromatic carbocycles. The van der Waals surface area contributed by atoms with Crippen molar-refractivity contribution in [3.8, 4) is 0 Å². The second-order valence-corrected chi connectivity index (χ2v) is 4.23. The summed E-state index contributed by atoms with van der Waals surface area (Å²) in [6.45, 7) is 1.83. The lowest BCUT2D eigenvalue weighted by Crippen LogP contribution is -2.14. The van der Waals surface area contributed by atoms with Crippen molar-refractivity contribution in [3.63, 3.8) is 0 Å². The summed E-state index contributed by atoms with van der Waals surface area (Å²) in [4.78, 5) is 16.3. The normalized spacial score (nSPS) is 10.2. The molecule has 0 saturated heterocycles. The SMILES string of the molecule is Cc1cc(C(=N)N)nc(Sc2ccncn2)n1. The maximum absolute atomic E-state index is 7.36. The molecule has 2 aromatic rings. The fourth-order valence-electron chi connectivity index (χ4n) is 1.16. The van der Waals surface area contributed by atoms with E-state index in [1.807, 2.05) is 6.92 Å². The van der Waals surface area contributed by atoms with Crippen molar-refractivity contribution in [3.05, 3.63) is 36.0 Å². The van der Waals surface area contributed by atoms with E-state index < -0.39 is 0 Å². The largest absolute Gasteiger partial charge is 0.382 e. The van der Waals surface area contributed by atoms with Crippen molar-refractivity contribution in [2.24, 2.45) is 5.73 Å². The van der Waals surface area contributed by atoms with Crippen LogP contribution in [0.25, 0.3) is 0 Å². The predicted molar refractivity (Wildman–Crippen MR) is 63.9 cm³/mol. The molecule has 0 radical (unpaired) electrons. The van der Waals surface area contributed by atoms with E-state index in [1.165, 1.54) is 18.1 Å². The molecule has 2 rings (SSSR count). The third kappa shape index (κ3) is 2.97. The zero-order chi connectivity index (χ0) is 12.3. The summed E-state index contributed by atoms with van der Waals surface area (Å²) in [7, 11) is 0. The van der Waals surface area contributed by atoms with Gasteiger partial charge in [-0.1, -0.05) is 0 Å². The van der Waals surface area contributed by atoms with Crippen LogP contribution in [0.1, 0.15) is 11.4 Å². The monoisotopic (exact) mass is 246 g/mol. The number of nitrogens with zero attached hydrogens (tertiary/aromatic N) is 4. The zero-order valence-electron chi connectivity index (χ0n) is 9.08. The van der Waals surface area contributed by atoms with E-state index in [2.05, 4.69) is 19.9 Å². The Morgan fingerprint density at radius 3 is 2.88 bits per heavy atom. The van der Waals surface area contributed by atoms with Crippen LogP contribution in [0, 0.1) is 12.3 Å². The Morgan fingerprint density at radius 1 is 1.41 bits per heavy atom. The summed E-state index contributed by atoms with van der Waals surface area (Å²) in [5, 5.41) is 8.63. The zero-order valence-corrected chi connectivity index (χ0v) is 9.90. The van der Waals surface area contributed by atoms with Gasteiger partial charge in [-0.05, 0) is 30.8 Å². The number of nitrogens with two attached hydrogens (primary N) is 1. The Hall–Kier alpha value is -2.02. The van der Waals surface area contributed by atoms with Gasteiger partial charge in [-0.3, -0.25) is 5.41 Å². The van der Waals surface area contributed by atoms with Crippen LogP contribution in [-0.4, -0.2) is 25.8 Å². The summed E-state index contributed by atoms with van der Waals surface area (Å²) < 4.78 is 0. The smallest absolute Gasteiger partial charge is 0.194 e. The second-order valence-electron chi connectivity index (χ2n) is 3.24. The molecule has 17 heavy (non-hydrogen) atoms. The molecule has 6 nitrogen and oxygen atoms in total. The molecule has 0 saturated carbocycles. The first kappa shape index (κ1) is 11.5. The van der Waals surface area contributed by atoms with E-state index >= 15 is 0 Å². The maximum atomic E-state index is 7.36. The highest BCUT2D eigenvalue weighted by Gasteiger charge is 2.06. The molecule has 0 aliphatic carbocycles. The Balaban J connectivity index is 2.30. The molecule has 0 amide bonds.